The Morgan fingerprint density at radius 1 is 1.41 bits per heavy atom. The second kappa shape index (κ2) is 5.35. The van der Waals surface area contributed by atoms with Gasteiger partial charge in [-0.2, -0.15) is 0 Å². The van der Waals surface area contributed by atoms with Gasteiger partial charge in [-0.05, 0) is 18.8 Å². The summed E-state index contributed by atoms with van der Waals surface area (Å²) in [5.74, 6) is -0.438. The number of hydrogen-bond acceptors (Lipinski definition) is 3. The van der Waals surface area contributed by atoms with E-state index in [-0.39, 0.29) is 12.6 Å². The number of hydrogen-bond donors (Lipinski definition) is 2. The average Bonchev–Trinajstić information content (AvgIpc) is 2.26. The van der Waals surface area contributed by atoms with E-state index in [1.807, 2.05) is 0 Å². The third kappa shape index (κ3) is 2.88. The Hall–Kier alpha value is -1.30. The lowest BCUT2D eigenvalue weighted by Crippen LogP contribution is -2.56. The van der Waals surface area contributed by atoms with Crippen molar-refractivity contribution in [3.63, 3.8) is 0 Å². The van der Waals surface area contributed by atoms with Gasteiger partial charge in [-0.15, -0.1) is 0 Å². The van der Waals surface area contributed by atoms with Crippen LogP contribution in [-0.2, 0) is 9.53 Å². The molecule has 96 valence electrons. The van der Waals surface area contributed by atoms with E-state index in [1.165, 1.54) is 11.3 Å². The molecule has 0 aromatic heterocycles. The molecule has 6 nitrogen and oxygen atoms in total. The van der Waals surface area contributed by atoms with Crippen LogP contribution in [0.4, 0.5) is 4.79 Å². The third-order valence-electron chi connectivity index (χ3n) is 3.44. The Bertz CT molecular complexity index is 304. The van der Waals surface area contributed by atoms with Crippen LogP contribution < -0.4 is 5.32 Å². The summed E-state index contributed by atoms with van der Waals surface area (Å²) in [6.07, 6.45) is 3.55. The van der Waals surface area contributed by atoms with Crippen LogP contribution in [0.1, 0.15) is 19.3 Å². The van der Waals surface area contributed by atoms with E-state index < -0.39 is 12.0 Å². The maximum Gasteiger partial charge on any atom is 0.328 e. The molecule has 0 aromatic carbocycles. The highest BCUT2D eigenvalue weighted by atomic mass is 16.5. The first-order valence-electron chi connectivity index (χ1n) is 6.03. The quantitative estimate of drug-likeness (QED) is 0.745. The third-order valence-corrected chi connectivity index (χ3v) is 3.44. The largest absolute Gasteiger partial charge is 0.480 e. The number of aliphatic carboxylic acids is 1. The summed E-state index contributed by atoms with van der Waals surface area (Å²) >= 11 is 0. The van der Waals surface area contributed by atoms with Gasteiger partial charge >= 0.3 is 12.0 Å². The molecule has 6 heteroatoms. The predicted molar refractivity (Wildman–Crippen MR) is 59.7 cm³/mol. The summed E-state index contributed by atoms with van der Waals surface area (Å²) in [4.78, 5) is 24.2. The first-order valence-corrected chi connectivity index (χ1v) is 6.03. The number of urea groups is 1. The zero-order valence-electron chi connectivity index (χ0n) is 9.72. The molecule has 1 atom stereocenters. The van der Waals surface area contributed by atoms with Gasteiger partial charge in [0.25, 0.3) is 0 Å². The van der Waals surface area contributed by atoms with Gasteiger partial charge in [0.1, 0.15) is 0 Å². The maximum atomic E-state index is 11.9. The summed E-state index contributed by atoms with van der Waals surface area (Å²) in [5, 5.41) is 11.8. The Balaban J connectivity index is 1.84. The minimum Gasteiger partial charge on any atom is -0.480 e. The highest BCUT2D eigenvalue weighted by Crippen LogP contribution is 2.25. The van der Waals surface area contributed by atoms with E-state index in [9.17, 15) is 9.59 Å². The van der Waals surface area contributed by atoms with E-state index in [4.69, 9.17) is 9.84 Å². The van der Waals surface area contributed by atoms with E-state index in [0.717, 1.165) is 12.8 Å². The van der Waals surface area contributed by atoms with Gasteiger partial charge in [-0.25, -0.2) is 9.59 Å². The van der Waals surface area contributed by atoms with Crippen LogP contribution in [0, 0.1) is 5.92 Å². The Morgan fingerprint density at radius 2 is 2.18 bits per heavy atom. The fourth-order valence-corrected chi connectivity index (χ4v) is 2.08. The second-order valence-electron chi connectivity index (χ2n) is 4.61. The molecule has 1 aliphatic carbocycles. The molecule has 2 aliphatic rings. The molecule has 0 aromatic rings. The number of carboxylic acid groups (broad SMARTS) is 1. The van der Waals surface area contributed by atoms with Crippen LogP contribution in [0.3, 0.4) is 0 Å². The van der Waals surface area contributed by atoms with Crippen LogP contribution in [0.5, 0.6) is 0 Å². The number of rotatable bonds is 3. The molecule has 2 rings (SSSR count). The first-order chi connectivity index (χ1) is 8.18. The van der Waals surface area contributed by atoms with Crippen LogP contribution in [0.15, 0.2) is 0 Å². The minimum atomic E-state index is -1.01. The highest BCUT2D eigenvalue weighted by Gasteiger charge is 2.33. The molecular formula is C11H18N2O4. The second-order valence-corrected chi connectivity index (χ2v) is 4.61. The smallest absolute Gasteiger partial charge is 0.328 e. The summed E-state index contributed by atoms with van der Waals surface area (Å²) < 4.78 is 5.08. The van der Waals surface area contributed by atoms with Crippen LogP contribution in [-0.4, -0.2) is 54.4 Å². The predicted octanol–water partition coefficient (Wildman–Crippen LogP) is 0.281. The normalized spacial score (nSPS) is 25.2. The van der Waals surface area contributed by atoms with E-state index in [0.29, 0.717) is 25.6 Å². The van der Waals surface area contributed by atoms with Gasteiger partial charge in [-0.1, -0.05) is 6.42 Å². The van der Waals surface area contributed by atoms with Crippen molar-refractivity contribution < 1.29 is 19.4 Å². The van der Waals surface area contributed by atoms with Crippen LogP contribution in [0.25, 0.3) is 0 Å². The number of ether oxygens (including phenoxy) is 1. The lowest BCUT2D eigenvalue weighted by atomic mass is 9.85. The molecule has 2 N–H and O–H groups in total. The molecule has 2 amide bonds. The van der Waals surface area contributed by atoms with Crippen LogP contribution >= 0.6 is 0 Å². The monoisotopic (exact) mass is 242 g/mol. The molecule has 1 unspecified atom stereocenters. The summed E-state index contributed by atoms with van der Waals surface area (Å²) in [5.41, 5.74) is 0. The van der Waals surface area contributed by atoms with E-state index in [1.54, 1.807) is 0 Å². The molecule has 0 bridgehead atoms. The molecule has 1 heterocycles. The van der Waals surface area contributed by atoms with Gasteiger partial charge in [0.15, 0.2) is 6.04 Å². The topological polar surface area (TPSA) is 78.9 Å². The van der Waals surface area contributed by atoms with Crippen molar-refractivity contribution in [2.24, 2.45) is 5.92 Å². The number of carbonyl (C=O) groups is 2. The summed E-state index contributed by atoms with van der Waals surface area (Å²) in [6, 6.07) is -1.14. The Labute approximate surface area is 99.9 Å². The molecule has 17 heavy (non-hydrogen) atoms. The molecule has 1 saturated carbocycles. The molecule has 2 fully saturated rings. The molecule has 1 aliphatic heterocycles. The first kappa shape index (κ1) is 12.2. The van der Waals surface area contributed by atoms with E-state index >= 15 is 0 Å². The van der Waals surface area contributed by atoms with E-state index in [2.05, 4.69) is 5.32 Å². The molecule has 1 saturated heterocycles. The summed E-state index contributed by atoms with van der Waals surface area (Å²) in [6.45, 7) is 1.48. The van der Waals surface area contributed by atoms with Gasteiger partial charge < -0.3 is 20.1 Å². The Morgan fingerprint density at radius 3 is 2.76 bits per heavy atom. The number of carbonyl (C=O) groups excluding carboxylic acids is 1. The molecule has 0 radical (unpaired) electrons. The van der Waals surface area contributed by atoms with Crippen molar-refractivity contribution in [1.82, 2.24) is 10.2 Å². The number of nitrogens with zero attached hydrogens (tertiary/aromatic N) is 1. The Kier molecular flexibility index (Phi) is 3.83. The van der Waals surface area contributed by atoms with Crippen LogP contribution in [0.2, 0.25) is 0 Å². The molecular weight excluding hydrogens is 224 g/mol. The SMILES string of the molecule is O=C(O)C1COCCN1C(=O)NCC1CCC1. The number of morpholine rings is 1. The standard InChI is InChI=1S/C11H18N2O4/c14-10(15)9-7-17-5-4-13(9)11(16)12-6-8-2-1-3-8/h8-9H,1-7H2,(H,12,16)(H,14,15). The van der Waals surface area contributed by atoms with Crippen molar-refractivity contribution in [1.29, 1.82) is 0 Å². The van der Waals surface area contributed by atoms with Crippen molar-refractivity contribution >= 4 is 12.0 Å². The van der Waals surface area contributed by atoms with Gasteiger partial charge in [0.05, 0.1) is 13.2 Å². The average molecular weight is 242 g/mol. The highest BCUT2D eigenvalue weighted by molar-refractivity contribution is 5.83. The fourth-order valence-electron chi connectivity index (χ4n) is 2.08. The fraction of sp³-hybridized carbons (Fsp3) is 0.818. The maximum absolute atomic E-state index is 11.9. The van der Waals surface area contributed by atoms with Gasteiger partial charge in [-0.3, -0.25) is 0 Å². The van der Waals surface area contributed by atoms with Crippen molar-refractivity contribution in [2.45, 2.75) is 25.3 Å². The van der Waals surface area contributed by atoms with Crippen molar-refractivity contribution in [3.8, 4) is 0 Å². The zero-order valence-corrected chi connectivity index (χ0v) is 9.72. The molecule has 0 spiro atoms. The number of nitrogens with one attached hydrogen (secondary N) is 1. The van der Waals surface area contributed by atoms with Crippen molar-refractivity contribution in [2.75, 3.05) is 26.3 Å². The lowest BCUT2D eigenvalue weighted by Gasteiger charge is -2.34. The van der Waals surface area contributed by atoms with Gasteiger partial charge in [0.2, 0.25) is 0 Å². The van der Waals surface area contributed by atoms with Crippen molar-refractivity contribution in [3.05, 3.63) is 0 Å². The zero-order chi connectivity index (χ0) is 12.3. The number of amides is 2. The summed E-state index contributed by atoms with van der Waals surface area (Å²) in [7, 11) is 0. The lowest BCUT2D eigenvalue weighted by molar-refractivity contribution is -0.147. The number of carboxylic acids is 1. The van der Waals surface area contributed by atoms with Gasteiger partial charge in [0, 0.05) is 13.1 Å². The minimum absolute atomic E-state index is 0.0756.